The van der Waals surface area contributed by atoms with Crippen LogP contribution in [0.25, 0.3) is 6.08 Å². The molecule has 1 aliphatic heterocycles. The Kier molecular flexibility index (Phi) is 6.45. The van der Waals surface area contributed by atoms with Crippen molar-refractivity contribution in [3.05, 3.63) is 73.1 Å². The van der Waals surface area contributed by atoms with Crippen molar-refractivity contribution in [3.63, 3.8) is 0 Å². The molecule has 10 heteroatoms. The SMILES string of the molecule is CC(=O)NC1=NC(=O)/C(=C\c2ccc(OCc3ccc([N+](=O)[O-])cc3)c(Br)c2)S1. The Labute approximate surface area is 178 Å². The standard InChI is InChI=1S/C19H14BrN3O5S/c1-11(24)21-19-22-18(25)17(29-19)9-13-4-7-16(15(20)8-13)28-10-12-2-5-14(6-3-12)23(26)27/h2-9H,10H2,1H3,(H,21,22,24,25)/b17-9+. The van der Waals surface area contributed by atoms with Crippen LogP contribution in [0.5, 0.6) is 5.75 Å². The molecule has 2 aromatic rings. The van der Waals surface area contributed by atoms with Crippen LogP contribution in [0.4, 0.5) is 5.69 Å². The number of nitrogens with zero attached hydrogens (tertiary/aromatic N) is 2. The van der Waals surface area contributed by atoms with Crippen molar-refractivity contribution in [1.82, 2.24) is 5.32 Å². The Morgan fingerprint density at radius 1 is 1.31 bits per heavy atom. The lowest BCUT2D eigenvalue weighted by atomic mass is 10.2. The molecule has 1 N–H and O–H groups in total. The van der Waals surface area contributed by atoms with Gasteiger partial charge in [-0.05, 0) is 69.2 Å². The summed E-state index contributed by atoms with van der Waals surface area (Å²) >= 11 is 4.54. The van der Waals surface area contributed by atoms with Gasteiger partial charge < -0.3 is 10.1 Å². The predicted molar refractivity (Wildman–Crippen MR) is 113 cm³/mol. The Morgan fingerprint density at radius 2 is 2.03 bits per heavy atom. The van der Waals surface area contributed by atoms with Crippen molar-refractivity contribution < 1.29 is 19.2 Å². The van der Waals surface area contributed by atoms with Crippen LogP contribution >= 0.6 is 27.7 Å². The molecule has 0 unspecified atom stereocenters. The molecule has 0 fully saturated rings. The molecule has 0 saturated heterocycles. The summed E-state index contributed by atoms with van der Waals surface area (Å²) in [5.41, 5.74) is 1.58. The molecule has 0 atom stereocenters. The van der Waals surface area contributed by atoms with Gasteiger partial charge in [-0.2, -0.15) is 4.99 Å². The maximum absolute atomic E-state index is 11.9. The zero-order valence-electron chi connectivity index (χ0n) is 15.0. The van der Waals surface area contributed by atoms with E-state index in [-0.39, 0.29) is 23.4 Å². The van der Waals surface area contributed by atoms with Gasteiger partial charge in [0.05, 0.1) is 14.3 Å². The molecule has 148 valence electrons. The number of nitro benzene ring substituents is 1. The molecule has 0 spiro atoms. The summed E-state index contributed by atoms with van der Waals surface area (Å²) in [7, 11) is 0. The second-order valence-electron chi connectivity index (χ2n) is 5.92. The molecule has 1 heterocycles. The molecule has 3 rings (SSSR count). The van der Waals surface area contributed by atoms with E-state index in [4.69, 9.17) is 4.74 Å². The van der Waals surface area contributed by atoms with Gasteiger partial charge in [0.25, 0.3) is 11.6 Å². The van der Waals surface area contributed by atoms with E-state index in [0.717, 1.165) is 22.9 Å². The summed E-state index contributed by atoms with van der Waals surface area (Å²) in [6.07, 6.45) is 1.68. The summed E-state index contributed by atoms with van der Waals surface area (Å²) in [5, 5.41) is 13.4. The predicted octanol–water partition coefficient (Wildman–Crippen LogP) is 4.04. The van der Waals surface area contributed by atoms with Crippen molar-refractivity contribution in [2.75, 3.05) is 0 Å². The van der Waals surface area contributed by atoms with Crippen LogP contribution in [0.1, 0.15) is 18.1 Å². The zero-order chi connectivity index (χ0) is 21.0. The average Bonchev–Trinajstić information content (AvgIpc) is 2.99. The lowest BCUT2D eigenvalue weighted by Gasteiger charge is -2.09. The van der Waals surface area contributed by atoms with Crippen molar-refractivity contribution >= 4 is 56.4 Å². The highest BCUT2D eigenvalue weighted by Gasteiger charge is 2.22. The number of ether oxygens (including phenoxy) is 1. The number of hydrogen-bond acceptors (Lipinski definition) is 6. The summed E-state index contributed by atoms with van der Waals surface area (Å²) in [4.78, 5) is 37.5. The highest BCUT2D eigenvalue weighted by molar-refractivity contribution is 9.10. The van der Waals surface area contributed by atoms with Gasteiger partial charge in [-0.25, -0.2) is 0 Å². The van der Waals surface area contributed by atoms with Crippen molar-refractivity contribution in [2.45, 2.75) is 13.5 Å². The van der Waals surface area contributed by atoms with Crippen LogP contribution in [0, 0.1) is 10.1 Å². The van der Waals surface area contributed by atoms with E-state index in [0.29, 0.717) is 15.1 Å². The number of non-ortho nitro benzene ring substituents is 1. The molecule has 0 bridgehead atoms. The molecule has 0 aromatic heterocycles. The number of nitro groups is 1. The fraction of sp³-hybridized carbons (Fsp3) is 0.105. The van der Waals surface area contributed by atoms with E-state index in [2.05, 4.69) is 26.2 Å². The molecular weight excluding hydrogens is 462 g/mol. The maximum Gasteiger partial charge on any atom is 0.286 e. The topological polar surface area (TPSA) is 111 Å². The van der Waals surface area contributed by atoms with Gasteiger partial charge >= 0.3 is 0 Å². The second-order valence-corrected chi connectivity index (χ2v) is 7.80. The number of aliphatic imine (C=N–C) groups is 1. The molecule has 29 heavy (non-hydrogen) atoms. The number of rotatable bonds is 5. The third-order valence-corrected chi connectivity index (χ3v) is 5.22. The van der Waals surface area contributed by atoms with Crippen LogP contribution in [-0.2, 0) is 16.2 Å². The first-order chi connectivity index (χ1) is 13.8. The highest BCUT2D eigenvalue weighted by Crippen LogP contribution is 2.31. The summed E-state index contributed by atoms with van der Waals surface area (Å²) < 4.78 is 6.44. The molecule has 2 amide bonds. The monoisotopic (exact) mass is 475 g/mol. The number of carbonyl (C=O) groups is 2. The third kappa shape index (κ3) is 5.52. The smallest absolute Gasteiger partial charge is 0.286 e. The van der Waals surface area contributed by atoms with Crippen LogP contribution in [0.15, 0.2) is 56.8 Å². The van der Waals surface area contributed by atoms with E-state index in [9.17, 15) is 19.7 Å². The number of amides is 2. The molecule has 0 saturated carbocycles. The van der Waals surface area contributed by atoms with E-state index in [1.165, 1.54) is 19.1 Å². The first-order valence-corrected chi connectivity index (χ1v) is 9.88. The van der Waals surface area contributed by atoms with Crippen molar-refractivity contribution in [2.24, 2.45) is 4.99 Å². The second kappa shape index (κ2) is 9.01. The normalized spacial score (nSPS) is 14.6. The Hall–Kier alpha value is -2.98. The lowest BCUT2D eigenvalue weighted by Crippen LogP contribution is -2.23. The van der Waals surface area contributed by atoms with Crippen LogP contribution in [0.3, 0.4) is 0 Å². The molecule has 8 nitrogen and oxygen atoms in total. The van der Waals surface area contributed by atoms with E-state index < -0.39 is 10.8 Å². The minimum atomic E-state index is -0.452. The zero-order valence-corrected chi connectivity index (χ0v) is 17.5. The molecule has 2 aromatic carbocycles. The first kappa shape index (κ1) is 20.7. The largest absolute Gasteiger partial charge is 0.488 e. The number of halogens is 1. The molecule has 0 radical (unpaired) electrons. The van der Waals surface area contributed by atoms with Crippen molar-refractivity contribution in [3.8, 4) is 5.75 Å². The number of benzene rings is 2. The number of thioether (sulfide) groups is 1. The summed E-state index contributed by atoms with van der Waals surface area (Å²) in [6, 6.07) is 11.5. The van der Waals surface area contributed by atoms with Gasteiger partial charge in [0, 0.05) is 19.1 Å². The molecule has 0 aliphatic carbocycles. The fourth-order valence-corrected chi connectivity index (χ4v) is 3.73. The minimum Gasteiger partial charge on any atom is -0.488 e. The number of carbonyl (C=O) groups excluding carboxylic acids is 2. The van der Waals surface area contributed by atoms with Crippen LogP contribution < -0.4 is 10.1 Å². The quantitative estimate of drug-likeness (QED) is 0.396. The first-order valence-electron chi connectivity index (χ1n) is 8.27. The van der Waals surface area contributed by atoms with Gasteiger partial charge in [-0.15, -0.1) is 0 Å². The number of nitrogens with one attached hydrogen (secondary N) is 1. The van der Waals surface area contributed by atoms with Gasteiger partial charge in [0.15, 0.2) is 5.17 Å². The maximum atomic E-state index is 11.9. The van der Waals surface area contributed by atoms with E-state index in [1.54, 1.807) is 36.4 Å². The van der Waals surface area contributed by atoms with Gasteiger partial charge in [0.1, 0.15) is 12.4 Å². The molecule has 1 aliphatic rings. The minimum absolute atomic E-state index is 0.0253. The van der Waals surface area contributed by atoms with E-state index in [1.807, 2.05) is 0 Å². The third-order valence-electron chi connectivity index (χ3n) is 3.70. The average molecular weight is 476 g/mol. The number of amidine groups is 1. The Balaban J connectivity index is 1.65. The Bertz CT molecular complexity index is 1050. The summed E-state index contributed by atoms with van der Waals surface area (Å²) in [5.74, 6) is -0.109. The van der Waals surface area contributed by atoms with Gasteiger partial charge in [-0.3, -0.25) is 19.7 Å². The summed E-state index contributed by atoms with van der Waals surface area (Å²) in [6.45, 7) is 1.60. The van der Waals surface area contributed by atoms with Crippen molar-refractivity contribution in [1.29, 1.82) is 0 Å². The number of hydrogen-bond donors (Lipinski definition) is 1. The van der Waals surface area contributed by atoms with Gasteiger partial charge in [0.2, 0.25) is 5.91 Å². The van der Waals surface area contributed by atoms with Crippen LogP contribution in [0.2, 0.25) is 0 Å². The molecular formula is C19H14BrN3O5S. The lowest BCUT2D eigenvalue weighted by molar-refractivity contribution is -0.384. The highest BCUT2D eigenvalue weighted by atomic mass is 79.9. The van der Waals surface area contributed by atoms with Crippen LogP contribution in [-0.4, -0.2) is 21.9 Å². The van der Waals surface area contributed by atoms with E-state index >= 15 is 0 Å². The fourth-order valence-electron chi connectivity index (χ4n) is 2.36. The Morgan fingerprint density at radius 3 is 2.66 bits per heavy atom. The van der Waals surface area contributed by atoms with Gasteiger partial charge in [-0.1, -0.05) is 6.07 Å².